The van der Waals surface area contributed by atoms with Crippen LogP contribution >= 0.6 is 11.3 Å². The molecule has 0 radical (unpaired) electrons. The molecule has 11 heteroatoms. The Morgan fingerprint density at radius 1 is 1.10 bits per heavy atom. The van der Waals surface area contributed by atoms with Crippen LogP contribution in [0.2, 0.25) is 0 Å². The third-order valence-electron chi connectivity index (χ3n) is 1.98. The molecule has 1 heterocycles. The van der Waals surface area contributed by atoms with Crippen molar-refractivity contribution < 1.29 is 41.0 Å². The molecule has 20 heavy (non-hydrogen) atoms. The van der Waals surface area contributed by atoms with Gasteiger partial charge in [0.15, 0.2) is 0 Å². The number of rotatable bonds is 3. The number of aromatic carboxylic acids is 1. The molecular weight excluding hydrogens is 316 g/mol. The minimum absolute atomic E-state index is 0.337. The molecule has 0 aliphatic rings. The molecule has 1 aromatic heterocycles. The highest BCUT2D eigenvalue weighted by atomic mass is 32.1. The first-order chi connectivity index (χ1) is 8.93. The number of thiophene rings is 1. The number of hydrogen-bond donors (Lipinski definition) is 2. The quantitative estimate of drug-likeness (QED) is 0.841. The van der Waals surface area contributed by atoms with E-state index in [0.29, 0.717) is 11.3 Å². The van der Waals surface area contributed by atoms with Gasteiger partial charge in [0.05, 0.1) is 5.00 Å². The number of carbonyl (C=O) groups is 2. The molecule has 0 saturated heterocycles. The molecule has 0 unspecified atom stereocenters. The van der Waals surface area contributed by atoms with Gasteiger partial charge in [0, 0.05) is 0 Å². The molecule has 0 atom stereocenters. The molecule has 4 nitrogen and oxygen atoms in total. The number of nitrogens with one attached hydrogen (secondary N) is 1. The van der Waals surface area contributed by atoms with Gasteiger partial charge in [0.25, 0.3) is 0 Å². The summed E-state index contributed by atoms with van der Waals surface area (Å²) in [4.78, 5) is 21.2. The summed E-state index contributed by atoms with van der Waals surface area (Å²) < 4.78 is 73.4. The third kappa shape index (κ3) is 3.85. The molecule has 0 saturated carbocycles. The van der Waals surface area contributed by atoms with Crippen molar-refractivity contribution in [3.8, 4) is 0 Å². The molecule has 0 bridgehead atoms. The largest absolute Gasteiger partial charge is 0.477 e. The van der Waals surface area contributed by atoms with E-state index in [1.807, 2.05) is 0 Å². The Morgan fingerprint density at radius 2 is 1.60 bits per heavy atom. The van der Waals surface area contributed by atoms with E-state index in [1.165, 1.54) is 5.32 Å². The van der Waals surface area contributed by atoms with Crippen molar-refractivity contribution in [2.45, 2.75) is 12.4 Å². The molecule has 0 spiro atoms. The van der Waals surface area contributed by atoms with Gasteiger partial charge in [-0.15, -0.1) is 11.3 Å². The average Bonchev–Trinajstić information content (AvgIpc) is 2.60. The van der Waals surface area contributed by atoms with Crippen molar-refractivity contribution in [2.75, 3.05) is 5.32 Å². The van der Waals surface area contributed by atoms with Gasteiger partial charge in [-0.1, -0.05) is 0 Å². The monoisotopic (exact) mass is 321 g/mol. The number of anilines is 1. The molecule has 0 aromatic carbocycles. The zero-order chi connectivity index (χ0) is 15.7. The fraction of sp³-hybridized carbons (Fsp3) is 0.333. The molecule has 112 valence electrons. The summed E-state index contributed by atoms with van der Waals surface area (Å²) in [6.45, 7) is 0. The van der Waals surface area contributed by atoms with Gasteiger partial charge in [-0.3, -0.25) is 4.79 Å². The Hall–Kier alpha value is -1.78. The molecule has 1 rings (SSSR count). The third-order valence-corrected chi connectivity index (χ3v) is 2.97. The number of carboxylic acid groups (broad SMARTS) is 1. The number of amides is 1. The van der Waals surface area contributed by atoms with E-state index in [0.717, 1.165) is 12.1 Å². The number of halogens is 6. The van der Waals surface area contributed by atoms with Gasteiger partial charge in [0.1, 0.15) is 4.88 Å². The first-order valence-electron chi connectivity index (χ1n) is 4.70. The van der Waals surface area contributed by atoms with Gasteiger partial charge in [-0.25, -0.2) is 4.79 Å². The van der Waals surface area contributed by atoms with Crippen LogP contribution in [0.3, 0.4) is 0 Å². The smallest absolute Gasteiger partial charge is 0.409 e. The molecule has 0 aliphatic heterocycles. The van der Waals surface area contributed by atoms with Crippen LogP contribution in [-0.4, -0.2) is 29.3 Å². The Labute approximate surface area is 111 Å². The summed E-state index contributed by atoms with van der Waals surface area (Å²) in [5, 5.41) is 9.52. The summed E-state index contributed by atoms with van der Waals surface area (Å²) in [5.41, 5.74) is 0. The van der Waals surface area contributed by atoms with Crippen molar-refractivity contribution in [1.82, 2.24) is 0 Å². The maximum absolute atomic E-state index is 12.2. The molecule has 2 N–H and O–H groups in total. The zero-order valence-corrected chi connectivity index (χ0v) is 9.99. The summed E-state index contributed by atoms with van der Waals surface area (Å²) in [6, 6.07) is 1.84. The number of carbonyl (C=O) groups excluding carboxylic acids is 1. The Bertz CT molecular complexity index is 506. The highest BCUT2D eigenvalue weighted by molar-refractivity contribution is 7.18. The van der Waals surface area contributed by atoms with E-state index in [-0.39, 0.29) is 4.88 Å². The second-order valence-corrected chi connectivity index (χ2v) is 4.56. The van der Waals surface area contributed by atoms with Crippen molar-refractivity contribution in [3.05, 3.63) is 17.0 Å². The van der Waals surface area contributed by atoms with Gasteiger partial charge >= 0.3 is 18.3 Å². The summed E-state index contributed by atoms with van der Waals surface area (Å²) in [6.07, 6.45) is -11.6. The van der Waals surface area contributed by atoms with Crippen LogP contribution in [0.1, 0.15) is 9.67 Å². The second-order valence-electron chi connectivity index (χ2n) is 3.47. The van der Waals surface area contributed by atoms with E-state index in [9.17, 15) is 35.9 Å². The van der Waals surface area contributed by atoms with Gasteiger partial charge in [0.2, 0.25) is 11.8 Å². The highest BCUT2D eigenvalue weighted by Gasteiger charge is 2.61. The molecule has 0 fully saturated rings. The van der Waals surface area contributed by atoms with Crippen LogP contribution in [0.5, 0.6) is 0 Å². The Balaban J connectivity index is 2.94. The lowest BCUT2D eigenvalue weighted by Gasteiger charge is -2.21. The first kappa shape index (κ1) is 16.3. The topological polar surface area (TPSA) is 66.4 Å². The standard InChI is InChI=1S/C9H5F6NO3S/c10-8(11,12)5(9(13,14)15)6(17)16-4-2-1-3(20-4)7(18)19/h1-2,5H,(H,16,17)(H,18,19). The van der Waals surface area contributed by atoms with Crippen LogP contribution in [0, 0.1) is 5.92 Å². The van der Waals surface area contributed by atoms with Crippen LogP contribution < -0.4 is 5.32 Å². The first-order valence-corrected chi connectivity index (χ1v) is 5.52. The number of alkyl halides is 6. The molecule has 0 aliphatic carbocycles. The van der Waals surface area contributed by atoms with Gasteiger partial charge < -0.3 is 10.4 Å². The van der Waals surface area contributed by atoms with Crippen molar-refractivity contribution >= 4 is 28.2 Å². The van der Waals surface area contributed by atoms with E-state index in [1.54, 1.807) is 0 Å². The number of carboxylic acids is 1. The fourth-order valence-corrected chi connectivity index (χ4v) is 1.94. The van der Waals surface area contributed by atoms with Gasteiger partial charge in [-0.05, 0) is 12.1 Å². The van der Waals surface area contributed by atoms with Crippen LogP contribution in [-0.2, 0) is 4.79 Å². The lowest BCUT2D eigenvalue weighted by atomic mass is 10.1. The van der Waals surface area contributed by atoms with Crippen LogP contribution in [0.4, 0.5) is 31.3 Å². The summed E-state index contributed by atoms with van der Waals surface area (Å²) in [5.74, 6) is -7.91. The van der Waals surface area contributed by atoms with Crippen LogP contribution in [0.25, 0.3) is 0 Å². The van der Waals surface area contributed by atoms with E-state index >= 15 is 0 Å². The lowest BCUT2D eigenvalue weighted by Crippen LogP contribution is -2.45. The van der Waals surface area contributed by atoms with Crippen molar-refractivity contribution in [1.29, 1.82) is 0 Å². The lowest BCUT2D eigenvalue weighted by molar-refractivity contribution is -0.272. The minimum atomic E-state index is -5.80. The SMILES string of the molecule is O=C(O)c1ccc(NC(=O)C(C(F)(F)F)C(F)(F)F)s1. The van der Waals surface area contributed by atoms with Crippen molar-refractivity contribution in [2.24, 2.45) is 5.92 Å². The highest BCUT2D eigenvalue weighted by Crippen LogP contribution is 2.40. The average molecular weight is 321 g/mol. The van der Waals surface area contributed by atoms with Crippen molar-refractivity contribution in [3.63, 3.8) is 0 Å². The fourth-order valence-electron chi connectivity index (χ4n) is 1.20. The molecule has 1 aromatic rings. The summed E-state index contributed by atoms with van der Waals surface area (Å²) >= 11 is 0.342. The van der Waals surface area contributed by atoms with Crippen LogP contribution in [0.15, 0.2) is 12.1 Å². The van der Waals surface area contributed by atoms with E-state index in [2.05, 4.69) is 0 Å². The minimum Gasteiger partial charge on any atom is -0.477 e. The second kappa shape index (κ2) is 5.31. The maximum atomic E-state index is 12.2. The molecular formula is C9H5F6NO3S. The maximum Gasteiger partial charge on any atom is 0.409 e. The normalized spacial score (nSPS) is 12.6. The van der Waals surface area contributed by atoms with E-state index < -0.39 is 35.1 Å². The predicted octanol–water partition coefficient (Wildman–Crippen LogP) is 3.13. The Kier molecular flexibility index (Phi) is 4.32. The predicted molar refractivity (Wildman–Crippen MR) is 55.5 cm³/mol. The van der Waals surface area contributed by atoms with Gasteiger partial charge in [-0.2, -0.15) is 26.3 Å². The Morgan fingerprint density at radius 3 is 1.95 bits per heavy atom. The number of hydrogen-bond acceptors (Lipinski definition) is 3. The molecule has 1 amide bonds. The zero-order valence-electron chi connectivity index (χ0n) is 9.17. The summed E-state index contributed by atoms with van der Waals surface area (Å²) in [7, 11) is 0. The van der Waals surface area contributed by atoms with E-state index in [4.69, 9.17) is 5.11 Å².